The van der Waals surface area contributed by atoms with Crippen molar-refractivity contribution in [1.82, 2.24) is 4.98 Å². The maximum atomic E-state index is 11.8. The van der Waals surface area contributed by atoms with Crippen molar-refractivity contribution in [2.24, 2.45) is 0 Å². The molecule has 3 nitrogen and oxygen atoms in total. The smallest absolute Gasteiger partial charge is 0.427 e. The summed E-state index contributed by atoms with van der Waals surface area (Å²) in [6.45, 7) is 0. The third-order valence-electron chi connectivity index (χ3n) is 0.968. The maximum Gasteiger partial charge on any atom is 0.427 e. The fraction of sp³-hybridized carbons (Fsp3) is 0.200. The van der Waals surface area contributed by atoms with Crippen LogP contribution in [-0.4, -0.2) is 16.1 Å². The molecule has 0 unspecified atom stereocenters. The number of rotatable bonds is 1. The van der Waals surface area contributed by atoms with Crippen molar-refractivity contribution < 1.29 is 23.1 Å². The van der Waals surface area contributed by atoms with Crippen LogP contribution in [0.1, 0.15) is 14.7 Å². The number of carboxylic acids is 1. The molecular weight excluding hydrogens is 195 g/mol. The number of aromatic carboxylic acids is 1. The highest BCUT2D eigenvalue weighted by molar-refractivity contribution is 7.13. The van der Waals surface area contributed by atoms with E-state index in [1.54, 1.807) is 0 Å². The topological polar surface area (TPSA) is 50.2 Å². The molecule has 0 aliphatic rings. The lowest BCUT2D eigenvalue weighted by Crippen LogP contribution is -2.00. The first-order valence-electron chi connectivity index (χ1n) is 2.67. The molecule has 0 saturated carbocycles. The van der Waals surface area contributed by atoms with Gasteiger partial charge in [-0.05, 0) is 0 Å². The number of carbonyl (C=O) groups is 1. The fourth-order valence-corrected chi connectivity index (χ4v) is 1.13. The number of carboxylic acid groups (broad SMARTS) is 1. The molecule has 0 atom stereocenters. The zero-order valence-corrected chi connectivity index (χ0v) is 6.24. The van der Waals surface area contributed by atoms with Gasteiger partial charge in [0.05, 0.1) is 6.20 Å². The lowest BCUT2D eigenvalue weighted by Gasteiger charge is -1.98. The van der Waals surface area contributed by atoms with Crippen LogP contribution in [0.25, 0.3) is 0 Å². The number of nitrogens with zero attached hydrogens (tertiary/aromatic N) is 1. The van der Waals surface area contributed by atoms with Crippen molar-refractivity contribution in [2.45, 2.75) is 6.18 Å². The minimum atomic E-state index is -4.51. The van der Waals surface area contributed by atoms with E-state index in [9.17, 15) is 18.0 Å². The van der Waals surface area contributed by atoms with Gasteiger partial charge in [0.25, 0.3) is 0 Å². The third-order valence-corrected chi connectivity index (χ3v) is 2.00. The Morgan fingerprint density at radius 2 is 2.17 bits per heavy atom. The molecule has 0 spiro atoms. The van der Waals surface area contributed by atoms with Crippen LogP contribution in [0.2, 0.25) is 0 Å². The van der Waals surface area contributed by atoms with Gasteiger partial charge in [0, 0.05) is 0 Å². The first-order valence-corrected chi connectivity index (χ1v) is 3.49. The van der Waals surface area contributed by atoms with E-state index in [0.29, 0.717) is 6.20 Å². The summed E-state index contributed by atoms with van der Waals surface area (Å²) < 4.78 is 35.5. The Hall–Kier alpha value is -1.11. The first-order chi connectivity index (χ1) is 5.41. The maximum absolute atomic E-state index is 11.8. The number of alkyl halides is 3. The number of hydrogen-bond acceptors (Lipinski definition) is 3. The molecule has 1 aromatic heterocycles. The Balaban J connectivity index is 3.00. The summed E-state index contributed by atoms with van der Waals surface area (Å²) in [7, 11) is 0. The summed E-state index contributed by atoms with van der Waals surface area (Å²) in [6, 6.07) is 0. The lowest BCUT2D eigenvalue weighted by molar-refractivity contribution is -0.134. The Morgan fingerprint density at radius 1 is 1.58 bits per heavy atom. The van der Waals surface area contributed by atoms with Gasteiger partial charge in [-0.25, -0.2) is 9.78 Å². The quantitative estimate of drug-likeness (QED) is 0.747. The van der Waals surface area contributed by atoms with Crippen molar-refractivity contribution in [3.8, 4) is 0 Å². The van der Waals surface area contributed by atoms with Crippen molar-refractivity contribution in [3.05, 3.63) is 16.1 Å². The van der Waals surface area contributed by atoms with Crippen LogP contribution >= 0.6 is 11.3 Å². The highest BCUT2D eigenvalue weighted by Gasteiger charge is 2.33. The van der Waals surface area contributed by atoms with Gasteiger partial charge >= 0.3 is 12.1 Å². The minimum Gasteiger partial charge on any atom is -0.476 e. The molecule has 1 aromatic rings. The minimum absolute atomic E-state index is 0.112. The summed E-state index contributed by atoms with van der Waals surface area (Å²) in [4.78, 5) is 12.2. The van der Waals surface area contributed by atoms with E-state index < -0.39 is 22.0 Å². The average molecular weight is 197 g/mol. The summed E-state index contributed by atoms with van der Waals surface area (Å²) in [6.07, 6.45) is -4.00. The number of aromatic nitrogens is 1. The normalized spacial score (nSPS) is 11.6. The summed E-state index contributed by atoms with van der Waals surface area (Å²) in [5.41, 5.74) is 0. The van der Waals surface area contributed by atoms with Crippen LogP contribution < -0.4 is 0 Å². The van der Waals surface area contributed by atoms with Crippen molar-refractivity contribution in [3.63, 3.8) is 0 Å². The molecule has 1 N–H and O–H groups in total. The van der Waals surface area contributed by atoms with E-state index in [-0.39, 0.29) is 11.3 Å². The Kier molecular flexibility index (Phi) is 2.05. The zero-order chi connectivity index (χ0) is 9.35. The fourth-order valence-electron chi connectivity index (χ4n) is 0.504. The molecule has 66 valence electrons. The van der Waals surface area contributed by atoms with Crippen LogP contribution in [0.15, 0.2) is 6.20 Å². The van der Waals surface area contributed by atoms with E-state index in [4.69, 9.17) is 5.11 Å². The number of thiazole rings is 1. The van der Waals surface area contributed by atoms with Crippen LogP contribution in [-0.2, 0) is 6.18 Å². The van der Waals surface area contributed by atoms with Crippen molar-refractivity contribution in [1.29, 1.82) is 0 Å². The molecule has 0 bridgehead atoms. The predicted octanol–water partition coefficient (Wildman–Crippen LogP) is 1.86. The third kappa shape index (κ3) is 1.73. The van der Waals surface area contributed by atoms with Crippen molar-refractivity contribution in [2.75, 3.05) is 0 Å². The molecule has 1 rings (SSSR count). The van der Waals surface area contributed by atoms with E-state index in [1.807, 2.05) is 0 Å². The van der Waals surface area contributed by atoms with Crippen LogP contribution in [0.4, 0.5) is 13.2 Å². The molecule has 12 heavy (non-hydrogen) atoms. The highest BCUT2D eigenvalue weighted by atomic mass is 32.1. The Labute approximate surface area is 68.5 Å². The molecule has 0 amide bonds. The molecule has 1 heterocycles. The van der Waals surface area contributed by atoms with Gasteiger partial charge < -0.3 is 5.11 Å². The van der Waals surface area contributed by atoms with Gasteiger partial charge in [-0.1, -0.05) is 0 Å². The molecule has 0 aliphatic heterocycles. The standard InChI is InChI=1S/C5H2F3NO2S/c6-5(7,8)2-1-9-3(12-2)4(10)11/h1H,(H,10,11). The molecular formula is C5H2F3NO2S. The number of halogens is 3. The SMILES string of the molecule is O=C(O)c1ncc(C(F)(F)F)s1. The van der Waals surface area contributed by atoms with Gasteiger partial charge in [-0.2, -0.15) is 13.2 Å². The molecule has 0 aromatic carbocycles. The molecule has 0 radical (unpaired) electrons. The second-order valence-corrected chi connectivity index (χ2v) is 2.86. The van der Waals surface area contributed by atoms with Gasteiger partial charge in [-0.3, -0.25) is 0 Å². The summed E-state index contributed by atoms with van der Waals surface area (Å²) >= 11 is 0.112. The van der Waals surface area contributed by atoms with Gasteiger partial charge in [0.15, 0.2) is 0 Å². The first kappa shape index (κ1) is 8.98. The Bertz CT molecular complexity index is 306. The van der Waals surface area contributed by atoms with E-state index in [0.717, 1.165) is 0 Å². The largest absolute Gasteiger partial charge is 0.476 e. The lowest BCUT2D eigenvalue weighted by atomic mass is 10.5. The number of hydrogen-bond donors (Lipinski definition) is 1. The second kappa shape index (κ2) is 2.74. The van der Waals surface area contributed by atoms with Crippen molar-refractivity contribution >= 4 is 17.3 Å². The predicted molar refractivity (Wildman–Crippen MR) is 34.1 cm³/mol. The van der Waals surface area contributed by atoms with Gasteiger partial charge in [-0.15, -0.1) is 11.3 Å². The molecule has 0 saturated heterocycles. The van der Waals surface area contributed by atoms with E-state index in [2.05, 4.69) is 4.98 Å². The van der Waals surface area contributed by atoms with Crippen LogP contribution in [0.5, 0.6) is 0 Å². The van der Waals surface area contributed by atoms with Gasteiger partial charge in [0.2, 0.25) is 5.01 Å². The summed E-state index contributed by atoms with van der Waals surface area (Å²) in [5, 5.41) is 7.69. The van der Waals surface area contributed by atoms with Crippen LogP contribution in [0.3, 0.4) is 0 Å². The molecule has 0 aliphatic carbocycles. The Morgan fingerprint density at radius 3 is 2.42 bits per heavy atom. The van der Waals surface area contributed by atoms with E-state index >= 15 is 0 Å². The summed E-state index contributed by atoms with van der Waals surface area (Å²) in [5.74, 6) is -1.45. The van der Waals surface area contributed by atoms with Crippen LogP contribution in [0, 0.1) is 0 Å². The molecule has 0 fully saturated rings. The van der Waals surface area contributed by atoms with E-state index in [1.165, 1.54) is 0 Å². The average Bonchev–Trinajstić information content (AvgIpc) is 2.30. The zero-order valence-electron chi connectivity index (χ0n) is 5.42. The second-order valence-electron chi connectivity index (χ2n) is 1.83. The van der Waals surface area contributed by atoms with Gasteiger partial charge in [0.1, 0.15) is 4.88 Å². The highest BCUT2D eigenvalue weighted by Crippen LogP contribution is 2.33. The molecule has 7 heteroatoms. The monoisotopic (exact) mass is 197 g/mol.